The molecule has 1 aromatic rings. The highest BCUT2D eigenvalue weighted by Crippen LogP contribution is 2.10. The van der Waals surface area contributed by atoms with Crippen molar-refractivity contribution in [3.05, 3.63) is 16.1 Å². The van der Waals surface area contributed by atoms with Gasteiger partial charge in [-0.2, -0.15) is 0 Å². The number of hydrogen-bond donors (Lipinski definition) is 1. The van der Waals surface area contributed by atoms with Gasteiger partial charge in [0.25, 0.3) is 0 Å². The van der Waals surface area contributed by atoms with Gasteiger partial charge in [-0.1, -0.05) is 6.92 Å². The third kappa shape index (κ3) is 4.61. The average Bonchev–Trinajstić information content (AvgIpc) is 2.59. The number of amides is 1. The third-order valence-electron chi connectivity index (χ3n) is 1.74. The van der Waals surface area contributed by atoms with Gasteiger partial charge in [0.15, 0.2) is 0 Å². The van der Waals surface area contributed by atoms with Crippen LogP contribution < -0.4 is 5.32 Å². The van der Waals surface area contributed by atoms with Gasteiger partial charge in [-0.3, -0.25) is 0 Å². The molecule has 0 saturated carbocycles. The van der Waals surface area contributed by atoms with E-state index in [-0.39, 0.29) is 0 Å². The van der Waals surface area contributed by atoms with E-state index in [0.29, 0.717) is 6.54 Å². The standard InChI is InChI=1S/C11H18N2O2S/c1-5-8-7-16-9(13-8)6-12-10(14)15-11(2,3)4/h7H,5-6H2,1-4H3,(H,12,14). The maximum Gasteiger partial charge on any atom is 0.408 e. The molecule has 4 nitrogen and oxygen atoms in total. The normalized spacial score (nSPS) is 11.2. The first-order valence-electron chi connectivity index (χ1n) is 5.31. The van der Waals surface area contributed by atoms with Gasteiger partial charge < -0.3 is 10.1 Å². The third-order valence-corrected chi connectivity index (χ3v) is 2.64. The quantitative estimate of drug-likeness (QED) is 0.886. The molecule has 90 valence electrons. The topological polar surface area (TPSA) is 51.2 Å². The fraction of sp³-hybridized carbons (Fsp3) is 0.636. The lowest BCUT2D eigenvalue weighted by atomic mass is 10.2. The van der Waals surface area contributed by atoms with Gasteiger partial charge >= 0.3 is 6.09 Å². The molecule has 1 N–H and O–H groups in total. The SMILES string of the molecule is CCc1csc(CNC(=O)OC(C)(C)C)n1. The molecule has 1 amide bonds. The number of ether oxygens (including phenoxy) is 1. The lowest BCUT2D eigenvalue weighted by Crippen LogP contribution is -2.32. The molecule has 16 heavy (non-hydrogen) atoms. The number of aromatic nitrogens is 1. The molecular weight excluding hydrogens is 224 g/mol. The van der Waals surface area contributed by atoms with E-state index in [1.165, 1.54) is 0 Å². The Morgan fingerprint density at radius 2 is 2.25 bits per heavy atom. The molecule has 0 atom stereocenters. The van der Waals surface area contributed by atoms with Crippen molar-refractivity contribution in [1.29, 1.82) is 0 Å². The second-order valence-electron chi connectivity index (χ2n) is 4.44. The number of nitrogens with zero attached hydrogens (tertiary/aromatic N) is 1. The molecule has 0 aliphatic rings. The summed E-state index contributed by atoms with van der Waals surface area (Å²) < 4.78 is 5.12. The van der Waals surface area contributed by atoms with E-state index >= 15 is 0 Å². The van der Waals surface area contributed by atoms with Crippen molar-refractivity contribution in [2.45, 2.75) is 46.3 Å². The summed E-state index contributed by atoms with van der Waals surface area (Å²) in [6.45, 7) is 8.00. The Kier molecular flexibility index (Phi) is 4.29. The first-order valence-corrected chi connectivity index (χ1v) is 6.19. The van der Waals surface area contributed by atoms with Crippen LogP contribution in [-0.4, -0.2) is 16.7 Å². The predicted octanol–water partition coefficient (Wildman–Crippen LogP) is 2.73. The highest BCUT2D eigenvalue weighted by Gasteiger charge is 2.15. The number of hydrogen-bond acceptors (Lipinski definition) is 4. The highest BCUT2D eigenvalue weighted by atomic mass is 32.1. The molecule has 0 fully saturated rings. The summed E-state index contributed by atoms with van der Waals surface area (Å²) in [5.41, 5.74) is 0.604. The number of aryl methyl sites for hydroxylation is 1. The smallest absolute Gasteiger partial charge is 0.408 e. The summed E-state index contributed by atoms with van der Waals surface area (Å²) in [5, 5.41) is 5.59. The van der Waals surface area contributed by atoms with Crippen molar-refractivity contribution in [3.63, 3.8) is 0 Å². The summed E-state index contributed by atoms with van der Waals surface area (Å²) in [6.07, 6.45) is 0.517. The molecule has 0 radical (unpaired) electrons. The molecule has 0 unspecified atom stereocenters. The molecule has 0 aliphatic heterocycles. The van der Waals surface area contributed by atoms with E-state index in [1.54, 1.807) is 11.3 Å². The molecule has 5 heteroatoms. The van der Waals surface area contributed by atoms with Gasteiger partial charge in [-0.05, 0) is 27.2 Å². The van der Waals surface area contributed by atoms with Crippen molar-refractivity contribution < 1.29 is 9.53 Å². The molecular formula is C11H18N2O2S. The van der Waals surface area contributed by atoms with Gasteiger partial charge in [0.05, 0.1) is 12.2 Å². The number of thiazole rings is 1. The van der Waals surface area contributed by atoms with Gasteiger partial charge in [-0.25, -0.2) is 9.78 Å². The molecule has 0 bridgehead atoms. The Bertz CT molecular complexity index is 355. The van der Waals surface area contributed by atoms with Crippen LogP contribution in [0.4, 0.5) is 4.79 Å². The Morgan fingerprint density at radius 1 is 1.56 bits per heavy atom. The van der Waals surface area contributed by atoms with E-state index in [9.17, 15) is 4.79 Å². The molecule has 1 rings (SSSR count). The first kappa shape index (κ1) is 13.0. The van der Waals surface area contributed by atoms with Gasteiger partial charge in [0.1, 0.15) is 10.6 Å². The number of alkyl carbamates (subject to hydrolysis) is 1. The fourth-order valence-electron chi connectivity index (χ4n) is 1.05. The average molecular weight is 242 g/mol. The van der Waals surface area contributed by atoms with E-state index in [1.807, 2.05) is 26.2 Å². The van der Waals surface area contributed by atoms with Crippen LogP contribution in [0.5, 0.6) is 0 Å². The van der Waals surface area contributed by atoms with Gasteiger partial charge in [-0.15, -0.1) is 11.3 Å². The maximum atomic E-state index is 11.4. The summed E-state index contributed by atoms with van der Waals surface area (Å²) in [5.74, 6) is 0. The second kappa shape index (κ2) is 5.30. The van der Waals surface area contributed by atoms with E-state index in [4.69, 9.17) is 4.74 Å². The van der Waals surface area contributed by atoms with E-state index in [0.717, 1.165) is 17.1 Å². The van der Waals surface area contributed by atoms with Crippen LogP contribution in [0.25, 0.3) is 0 Å². The minimum absolute atomic E-state index is 0.402. The summed E-state index contributed by atoms with van der Waals surface area (Å²) in [7, 11) is 0. The summed E-state index contributed by atoms with van der Waals surface area (Å²) in [6, 6.07) is 0. The van der Waals surface area contributed by atoms with Crippen molar-refractivity contribution in [3.8, 4) is 0 Å². The number of rotatable bonds is 3. The number of carbonyl (C=O) groups is 1. The van der Waals surface area contributed by atoms with Crippen LogP contribution in [-0.2, 0) is 17.7 Å². The number of nitrogens with one attached hydrogen (secondary N) is 1. The summed E-state index contributed by atoms with van der Waals surface area (Å²) >= 11 is 1.55. The van der Waals surface area contributed by atoms with Crippen LogP contribution in [0.2, 0.25) is 0 Å². The lowest BCUT2D eigenvalue weighted by molar-refractivity contribution is 0.0523. The maximum absolute atomic E-state index is 11.4. The van der Waals surface area contributed by atoms with Crippen molar-refractivity contribution in [2.24, 2.45) is 0 Å². The minimum atomic E-state index is -0.457. The zero-order valence-electron chi connectivity index (χ0n) is 10.2. The molecule has 0 saturated heterocycles. The predicted molar refractivity (Wildman–Crippen MR) is 64.6 cm³/mol. The zero-order valence-corrected chi connectivity index (χ0v) is 11.0. The van der Waals surface area contributed by atoms with Crippen LogP contribution in [0.3, 0.4) is 0 Å². The summed E-state index contributed by atoms with van der Waals surface area (Å²) in [4.78, 5) is 15.7. The highest BCUT2D eigenvalue weighted by molar-refractivity contribution is 7.09. The molecule has 0 spiro atoms. The minimum Gasteiger partial charge on any atom is -0.444 e. The zero-order chi connectivity index (χ0) is 12.2. The second-order valence-corrected chi connectivity index (χ2v) is 5.38. The van der Waals surface area contributed by atoms with Crippen molar-refractivity contribution in [2.75, 3.05) is 0 Å². The van der Waals surface area contributed by atoms with E-state index < -0.39 is 11.7 Å². The van der Waals surface area contributed by atoms with Gasteiger partial charge in [0.2, 0.25) is 0 Å². The Morgan fingerprint density at radius 3 is 2.75 bits per heavy atom. The molecule has 0 aliphatic carbocycles. The van der Waals surface area contributed by atoms with E-state index in [2.05, 4.69) is 17.2 Å². The van der Waals surface area contributed by atoms with Crippen LogP contribution in [0.15, 0.2) is 5.38 Å². The fourth-order valence-corrected chi connectivity index (χ4v) is 1.87. The largest absolute Gasteiger partial charge is 0.444 e. The Labute approximate surface area is 100 Å². The Balaban J connectivity index is 2.37. The van der Waals surface area contributed by atoms with Crippen molar-refractivity contribution >= 4 is 17.4 Å². The molecule has 1 heterocycles. The van der Waals surface area contributed by atoms with Gasteiger partial charge in [0, 0.05) is 5.38 Å². The molecule has 0 aromatic carbocycles. The lowest BCUT2D eigenvalue weighted by Gasteiger charge is -2.19. The van der Waals surface area contributed by atoms with Crippen LogP contribution in [0, 0.1) is 0 Å². The first-order chi connectivity index (χ1) is 7.40. The number of carbonyl (C=O) groups excluding carboxylic acids is 1. The monoisotopic (exact) mass is 242 g/mol. The molecule has 1 aromatic heterocycles. The van der Waals surface area contributed by atoms with Crippen LogP contribution in [0.1, 0.15) is 38.4 Å². The Hall–Kier alpha value is -1.10. The van der Waals surface area contributed by atoms with Crippen molar-refractivity contribution in [1.82, 2.24) is 10.3 Å². The van der Waals surface area contributed by atoms with Crippen LogP contribution >= 0.6 is 11.3 Å².